The normalized spacial score (nSPS) is 24.4. The van der Waals surface area contributed by atoms with E-state index < -0.39 is 5.63 Å². The smallest absolute Gasteiger partial charge is 0.349 e. The molecule has 3 heterocycles. The van der Waals surface area contributed by atoms with Gasteiger partial charge in [-0.25, -0.2) is 4.79 Å². The summed E-state index contributed by atoms with van der Waals surface area (Å²) in [5, 5.41) is 2.84. The SMILES string of the molecule is Cc1cc(C2CCC2)oc(=O)c1C(=O)N1CCN2CCNC(=O)C2C1. The van der Waals surface area contributed by atoms with Crippen LogP contribution in [-0.2, 0) is 4.79 Å². The highest BCUT2D eigenvalue weighted by Crippen LogP contribution is 2.36. The molecule has 2 aliphatic heterocycles. The van der Waals surface area contributed by atoms with Crippen molar-refractivity contribution in [3.63, 3.8) is 0 Å². The Hall–Kier alpha value is -2.15. The number of hydrogen-bond donors (Lipinski definition) is 1. The average Bonchev–Trinajstić information content (AvgIpc) is 2.52. The Kier molecular flexibility index (Phi) is 4.11. The molecule has 7 nitrogen and oxygen atoms in total. The van der Waals surface area contributed by atoms with Crippen LogP contribution in [0.25, 0.3) is 0 Å². The minimum atomic E-state index is -0.553. The van der Waals surface area contributed by atoms with Crippen molar-refractivity contribution in [1.29, 1.82) is 0 Å². The molecule has 134 valence electrons. The molecule has 0 aromatic carbocycles. The molecule has 0 bridgehead atoms. The number of carbonyl (C=O) groups excluding carboxylic acids is 2. The van der Waals surface area contributed by atoms with Crippen molar-refractivity contribution >= 4 is 11.8 Å². The van der Waals surface area contributed by atoms with Crippen LogP contribution in [0.5, 0.6) is 0 Å². The van der Waals surface area contributed by atoms with Crippen LogP contribution >= 0.6 is 0 Å². The summed E-state index contributed by atoms with van der Waals surface area (Å²) in [6.07, 6.45) is 3.23. The van der Waals surface area contributed by atoms with E-state index >= 15 is 0 Å². The van der Waals surface area contributed by atoms with Crippen molar-refractivity contribution < 1.29 is 14.0 Å². The van der Waals surface area contributed by atoms with Gasteiger partial charge in [0.1, 0.15) is 17.4 Å². The number of aryl methyl sites for hydroxylation is 1. The number of nitrogens with zero attached hydrogens (tertiary/aromatic N) is 2. The number of piperazine rings is 2. The van der Waals surface area contributed by atoms with Crippen LogP contribution in [0.1, 0.15) is 46.9 Å². The number of hydrogen-bond acceptors (Lipinski definition) is 5. The summed E-state index contributed by atoms with van der Waals surface area (Å²) in [4.78, 5) is 41.1. The Balaban J connectivity index is 1.56. The maximum absolute atomic E-state index is 12.9. The van der Waals surface area contributed by atoms with Crippen LogP contribution in [0.4, 0.5) is 0 Å². The molecule has 1 saturated carbocycles. The zero-order valence-corrected chi connectivity index (χ0v) is 14.4. The van der Waals surface area contributed by atoms with E-state index in [1.807, 2.05) is 6.07 Å². The topological polar surface area (TPSA) is 82.9 Å². The fourth-order valence-corrected chi connectivity index (χ4v) is 3.90. The van der Waals surface area contributed by atoms with Crippen molar-refractivity contribution in [2.24, 2.45) is 0 Å². The van der Waals surface area contributed by atoms with Gasteiger partial charge in [-0.05, 0) is 31.4 Å². The van der Waals surface area contributed by atoms with Gasteiger partial charge in [0.2, 0.25) is 5.91 Å². The Morgan fingerprint density at radius 2 is 2.04 bits per heavy atom. The van der Waals surface area contributed by atoms with Crippen LogP contribution in [0.2, 0.25) is 0 Å². The predicted molar refractivity (Wildman–Crippen MR) is 90.6 cm³/mol. The molecule has 1 N–H and O–H groups in total. The summed E-state index contributed by atoms with van der Waals surface area (Å²) in [7, 11) is 0. The van der Waals surface area contributed by atoms with Crippen LogP contribution in [0.3, 0.4) is 0 Å². The second-order valence-corrected chi connectivity index (χ2v) is 7.22. The summed E-state index contributed by atoms with van der Waals surface area (Å²) >= 11 is 0. The third-order valence-corrected chi connectivity index (χ3v) is 5.67. The molecular formula is C18H23N3O4. The molecule has 1 aromatic rings. The van der Waals surface area contributed by atoms with E-state index in [1.165, 1.54) is 0 Å². The number of carbonyl (C=O) groups is 2. The number of fused-ring (bicyclic) bond motifs is 1. The standard InChI is InChI=1S/C18H23N3O4/c1-11-9-14(12-3-2-4-12)25-18(24)15(11)17(23)21-8-7-20-6-5-19-16(22)13(20)10-21/h9,12-13H,2-8,10H2,1H3,(H,19,22). The minimum absolute atomic E-state index is 0.0483. The van der Waals surface area contributed by atoms with Crippen LogP contribution in [0, 0.1) is 6.92 Å². The maximum Gasteiger partial charge on any atom is 0.349 e. The van der Waals surface area contributed by atoms with E-state index in [0.717, 1.165) is 25.8 Å². The first-order valence-electron chi connectivity index (χ1n) is 9.00. The molecule has 2 saturated heterocycles. The van der Waals surface area contributed by atoms with Crippen molar-refractivity contribution in [1.82, 2.24) is 15.1 Å². The van der Waals surface area contributed by atoms with Gasteiger partial charge < -0.3 is 14.6 Å². The quantitative estimate of drug-likeness (QED) is 0.843. The van der Waals surface area contributed by atoms with Crippen molar-refractivity contribution in [2.45, 2.75) is 38.1 Å². The van der Waals surface area contributed by atoms with Crippen LogP contribution in [0.15, 0.2) is 15.3 Å². The second kappa shape index (κ2) is 6.29. The van der Waals surface area contributed by atoms with Gasteiger partial charge in [0.25, 0.3) is 5.91 Å². The van der Waals surface area contributed by atoms with Gasteiger partial charge in [-0.2, -0.15) is 0 Å². The highest BCUT2D eigenvalue weighted by Gasteiger charge is 2.37. The van der Waals surface area contributed by atoms with Gasteiger partial charge >= 0.3 is 5.63 Å². The first kappa shape index (κ1) is 16.3. The Labute approximate surface area is 146 Å². The van der Waals surface area contributed by atoms with Crippen LogP contribution in [-0.4, -0.2) is 60.4 Å². The fraction of sp³-hybridized carbons (Fsp3) is 0.611. The third-order valence-electron chi connectivity index (χ3n) is 5.67. The molecule has 3 fully saturated rings. The summed E-state index contributed by atoms with van der Waals surface area (Å²) in [5.41, 5.74) is 0.217. The van der Waals surface area contributed by atoms with Gasteiger partial charge in [-0.15, -0.1) is 0 Å². The Morgan fingerprint density at radius 3 is 2.72 bits per heavy atom. The molecule has 1 aliphatic carbocycles. The maximum atomic E-state index is 12.9. The number of rotatable bonds is 2. The van der Waals surface area contributed by atoms with Crippen molar-refractivity contribution in [3.8, 4) is 0 Å². The zero-order chi connectivity index (χ0) is 17.6. The van der Waals surface area contributed by atoms with Crippen LogP contribution < -0.4 is 10.9 Å². The summed E-state index contributed by atoms with van der Waals surface area (Å²) < 4.78 is 5.44. The van der Waals surface area contributed by atoms with Gasteiger partial charge in [0.15, 0.2) is 0 Å². The van der Waals surface area contributed by atoms with Gasteiger partial charge in [-0.1, -0.05) is 6.42 Å². The van der Waals surface area contributed by atoms with Gasteiger partial charge in [-0.3, -0.25) is 14.5 Å². The largest absolute Gasteiger partial charge is 0.427 e. The predicted octanol–water partition coefficient (Wildman–Crippen LogP) is 0.472. The molecule has 0 spiro atoms. The lowest BCUT2D eigenvalue weighted by Gasteiger charge is -2.43. The van der Waals surface area contributed by atoms with Crippen molar-refractivity contribution in [2.75, 3.05) is 32.7 Å². The molecule has 0 radical (unpaired) electrons. The monoisotopic (exact) mass is 345 g/mol. The minimum Gasteiger partial charge on any atom is -0.427 e. The lowest BCUT2D eigenvalue weighted by molar-refractivity contribution is -0.131. The molecule has 4 rings (SSSR count). The molecule has 2 amide bonds. The number of nitrogens with one attached hydrogen (secondary N) is 1. The van der Waals surface area contributed by atoms with E-state index in [-0.39, 0.29) is 23.4 Å². The molecule has 25 heavy (non-hydrogen) atoms. The molecule has 1 aromatic heterocycles. The molecular weight excluding hydrogens is 322 g/mol. The highest BCUT2D eigenvalue weighted by atomic mass is 16.4. The molecule has 1 atom stereocenters. The second-order valence-electron chi connectivity index (χ2n) is 7.22. The summed E-state index contributed by atoms with van der Waals surface area (Å²) in [6, 6.07) is 1.51. The van der Waals surface area contributed by atoms with E-state index in [2.05, 4.69) is 10.2 Å². The van der Waals surface area contributed by atoms with E-state index in [1.54, 1.807) is 11.8 Å². The first-order valence-corrected chi connectivity index (χ1v) is 9.00. The molecule has 7 heteroatoms. The molecule has 3 aliphatic rings. The zero-order valence-electron chi connectivity index (χ0n) is 14.4. The Bertz CT molecular complexity index is 768. The first-order chi connectivity index (χ1) is 12.0. The van der Waals surface area contributed by atoms with Gasteiger partial charge in [0.05, 0.1) is 0 Å². The third kappa shape index (κ3) is 2.86. The van der Waals surface area contributed by atoms with E-state index in [4.69, 9.17) is 4.42 Å². The number of amides is 2. The fourth-order valence-electron chi connectivity index (χ4n) is 3.90. The van der Waals surface area contributed by atoms with Crippen molar-refractivity contribution in [3.05, 3.63) is 33.4 Å². The highest BCUT2D eigenvalue weighted by molar-refractivity contribution is 5.96. The lowest BCUT2D eigenvalue weighted by atomic mass is 9.83. The summed E-state index contributed by atoms with van der Waals surface area (Å²) in [5.74, 6) is 0.629. The summed E-state index contributed by atoms with van der Waals surface area (Å²) in [6.45, 7) is 4.72. The van der Waals surface area contributed by atoms with Gasteiger partial charge in [0, 0.05) is 38.6 Å². The lowest BCUT2D eigenvalue weighted by Crippen LogP contribution is -2.64. The Morgan fingerprint density at radius 1 is 1.24 bits per heavy atom. The average molecular weight is 345 g/mol. The van der Waals surface area contributed by atoms with E-state index in [9.17, 15) is 14.4 Å². The molecule has 1 unspecified atom stereocenters. The van der Waals surface area contributed by atoms with E-state index in [0.29, 0.717) is 43.4 Å².